The summed E-state index contributed by atoms with van der Waals surface area (Å²) in [4.78, 5) is 48.6. The zero-order valence-electron chi connectivity index (χ0n) is 20.0. The van der Waals surface area contributed by atoms with Crippen molar-refractivity contribution in [3.8, 4) is 6.07 Å². The van der Waals surface area contributed by atoms with Gasteiger partial charge >= 0.3 is 6.03 Å². The molecular formula is C25H28N6O3. The first-order valence-electron chi connectivity index (χ1n) is 11.3. The molecule has 4 rings (SSSR count). The monoisotopic (exact) mass is 460 g/mol. The average molecular weight is 461 g/mol. The number of amides is 4. The molecule has 2 fully saturated rings. The molecule has 2 saturated heterocycles. The minimum Gasteiger partial charge on any atom is -0.353 e. The molecule has 2 aliphatic heterocycles. The third-order valence-electron chi connectivity index (χ3n) is 6.55. The van der Waals surface area contributed by atoms with Gasteiger partial charge in [0.15, 0.2) is 0 Å². The summed E-state index contributed by atoms with van der Waals surface area (Å²) >= 11 is 0. The summed E-state index contributed by atoms with van der Waals surface area (Å²) < 4.78 is 0. The lowest BCUT2D eigenvalue weighted by molar-refractivity contribution is -0.125. The van der Waals surface area contributed by atoms with Gasteiger partial charge in [0.1, 0.15) is 11.9 Å². The summed E-state index contributed by atoms with van der Waals surface area (Å²) in [6.07, 6.45) is 0. The molecule has 3 heterocycles. The first kappa shape index (κ1) is 23.2. The quantitative estimate of drug-likeness (QED) is 0.698. The number of aromatic nitrogens is 1. The molecule has 4 amide bonds. The fourth-order valence-electron chi connectivity index (χ4n) is 4.49. The van der Waals surface area contributed by atoms with Crippen molar-refractivity contribution in [1.82, 2.24) is 14.8 Å². The van der Waals surface area contributed by atoms with E-state index in [9.17, 15) is 19.6 Å². The molecule has 176 valence electrons. The Labute approximate surface area is 199 Å². The summed E-state index contributed by atoms with van der Waals surface area (Å²) in [6, 6.07) is 8.62. The number of piperazine rings is 1. The Morgan fingerprint density at radius 2 is 1.68 bits per heavy atom. The molecule has 0 spiro atoms. The number of benzene rings is 1. The van der Waals surface area contributed by atoms with Gasteiger partial charge in [-0.2, -0.15) is 5.26 Å². The van der Waals surface area contributed by atoms with Crippen LogP contribution in [0.25, 0.3) is 0 Å². The van der Waals surface area contributed by atoms with Crippen LogP contribution in [0, 0.1) is 32.1 Å². The number of aryl methyl sites for hydroxylation is 3. The number of urea groups is 1. The SMILES string of the molecule is CC(=O)N1CCN(c2ccc(C(=O)N3CCN(c4nc(C)c(C)cc4C)CC3)c(C#N)c2)C1=O. The van der Waals surface area contributed by atoms with Crippen LogP contribution in [0.5, 0.6) is 0 Å². The summed E-state index contributed by atoms with van der Waals surface area (Å²) in [5.74, 6) is 0.433. The summed E-state index contributed by atoms with van der Waals surface area (Å²) in [5, 5.41) is 9.70. The molecule has 0 radical (unpaired) electrons. The van der Waals surface area contributed by atoms with Crippen molar-refractivity contribution in [3.05, 3.63) is 52.2 Å². The fourth-order valence-corrected chi connectivity index (χ4v) is 4.49. The van der Waals surface area contributed by atoms with E-state index in [0.717, 1.165) is 27.5 Å². The Bertz CT molecular complexity index is 1210. The number of hydrogen-bond donors (Lipinski definition) is 0. The van der Waals surface area contributed by atoms with Gasteiger partial charge in [-0.1, -0.05) is 6.07 Å². The van der Waals surface area contributed by atoms with Crippen molar-refractivity contribution in [3.63, 3.8) is 0 Å². The van der Waals surface area contributed by atoms with Gasteiger partial charge in [-0.15, -0.1) is 0 Å². The van der Waals surface area contributed by atoms with Crippen molar-refractivity contribution in [2.75, 3.05) is 49.1 Å². The molecule has 0 aliphatic carbocycles. The highest BCUT2D eigenvalue weighted by molar-refractivity contribution is 6.04. The molecule has 0 atom stereocenters. The Kier molecular flexibility index (Phi) is 6.24. The van der Waals surface area contributed by atoms with E-state index in [4.69, 9.17) is 4.98 Å². The molecule has 2 aromatic rings. The van der Waals surface area contributed by atoms with Crippen LogP contribution >= 0.6 is 0 Å². The van der Waals surface area contributed by atoms with Crippen LogP contribution in [0.15, 0.2) is 24.3 Å². The molecule has 0 saturated carbocycles. The Morgan fingerprint density at radius 3 is 2.29 bits per heavy atom. The normalized spacial score (nSPS) is 16.1. The van der Waals surface area contributed by atoms with Gasteiger partial charge in [-0.25, -0.2) is 9.78 Å². The molecule has 2 aliphatic rings. The molecule has 9 heteroatoms. The summed E-state index contributed by atoms with van der Waals surface area (Å²) in [6.45, 7) is 10.5. The van der Waals surface area contributed by atoms with Crippen LogP contribution in [0.1, 0.15) is 39.7 Å². The lowest BCUT2D eigenvalue weighted by Gasteiger charge is -2.36. The van der Waals surface area contributed by atoms with E-state index >= 15 is 0 Å². The lowest BCUT2D eigenvalue weighted by Crippen LogP contribution is -2.49. The van der Waals surface area contributed by atoms with E-state index in [0.29, 0.717) is 50.5 Å². The van der Waals surface area contributed by atoms with Crippen LogP contribution in [-0.2, 0) is 4.79 Å². The third-order valence-corrected chi connectivity index (χ3v) is 6.55. The van der Waals surface area contributed by atoms with Crippen LogP contribution in [0.3, 0.4) is 0 Å². The minimum absolute atomic E-state index is 0.203. The molecule has 34 heavy (non-hydrogen) atoms. The number of nitriles is 1. The maximum Gasteiger partial charge on any atom is 0.331 e. The number of rotatable bonds is 3. The van der Waals surface area contributed by atoms with Crippen molar-refractivity contribution < 1.29 is 14.4 Å². The second kappa shape index (κ2) is 9.14. The van der Waals surface area contributed by atoms with Gasteiger partial charge in [0, 0.05) is 57.6 Å². The standard InChI is InChI=1S/C25H28N6O3/c1-16-13-17(2)23(27-18(16)3)28-7-9-29(10-8-28)24(33)22-6-5-21(14-20(22)15-26)31-12-11-30(19(4)32)25(31)34/h5-6,13-14H,7-12H2,1-4H3. The van der Waals surface area contributed by atoms with Crippen molar-refractivity contribution in [2.45, 2.75) is 27.7 Å². The van der Waals surface area contributed by atoms with E-state index in [2.05, 4.69) is 17.0 Å². The third kappa shape index (κ3) is 4.19. The number of carbonyl (C=O) groups is 3. The fraction of sp³-hybridized carbons (Fsp3) is 0.400. The zero-order valence-corrected chi connectivity index (χ0v) is 20.0. The Balaban J connectivity index is 1.48. The number of anilines is 2. The number of carbonyl (C=O) groups excluding carboxylic acids is 3. The van der Waals surface area contributed by atoms with Gasteiger partial charge < -0.3 is 9.80 Å². The number of nitrogens with zero attached hydrogens (tertiary/aromatic N) is 6. The number of hydrogen-bond acceptors (Lipinski definition) is 6. The zero-order chi connectivity index (χ0) is 24.6. The molecule has 0 bridgehead atoms. The Morgan fingerprint density at radius 1 is 0.971 bits per heavy atom. The van der Waals surface area contributed by atoms with Crippen molar-refractivity contribution in [2.24, 2.45) is 0 Å². The molecule has 1 aromatic carbocycles. The summed E-state index contributed by atoms with van der Waals surface area (Å²) in [7, 11) is 0. The van der Waals surface area contributed by atoms with E-state index in [-0.39, 0.29) is 17.4 Å². The highest BCUT2D eigenvalue weighted by Gasteiger charge is 2.33. The smallest absolute Gasteiger partial charge is 0.331 e. The maximum absolute atomic E-state index is 13.2. The second-order valence-corrected chi connectivity index (χ2v) is 8.76. The first-order valence-corrected chi connectivity index (χ1v) is 11.3. The van der Waals surface area contributed by atoms with Gasteiger partial charge in [-0.3, -0.25) is 19.4 Å². The van der Waals surface area contributed by atoms with E-state index in [1.807, 2.05) is 20.8 Å². The topological polar surface area (TPSA) is 101 Å². The average Bonchev–Trinajstić information content (AvgIpc) is 3.22. The number of imide groups is 1. The van der Waals surface area contributed by atoms with E-state index in [1.54, 1.807) is 23.1 Å². The first-order chi connectivity index (χ1) is 16.2. The largest absolute Gasteiger partial charge is 0.353 e. The Hall–Kier alpha value is -3.93. The highest BCUT2D eigenvalue weighted by atomic mass is 16.2. The molecule has 0 unspecified atom stereocenters. The molecule has 0 N–H and O–H groups in total. The second-order valence-electron chi connectivity index (χ2n) is 8.76. The molecule has 1 aromatic heterocycles. The maximum atomic E-state index is 13.2. The molecule has 9 nitrogen and oxygen atoms in total. The van der Waals surface area contributed by atoms with E-state index < -0.39 is 6.03 Å². The summed E-state index contributed by atoms with van der Waals surface area (Å²) in [5.41, 5.74) is 4.31. The van der Waals surface area contributed by atoms with Crippen molar-refractivity contribution in [1.29, 1.82) is 5.26 Å². The van der Waals surface area contributed by atoms with Crippen LogP contribution in [-0.4, -0.2) is 71.9 Å². The van der Waals surface area contributed by atoms with Gasteiger partial charge in [-0.05, 0) is 50.1 Å². The van der Waals surface area contributed by atoms with E-state index in [1.165, 1.54) is 11.8 Å². The molecular weight excluding hydrogens is 432 g/mol. The van der Waals surface area contributed by atoms with Gasteiger partial charge in [0.25, 0.3) is 5.91 Å². The lowest BCUT2D eigenvalue weighted by atomic mass is 10.0. The van der Waals surface area contributed by atoms with Gasteiger partial charge in [0.05, 0.1) is 11.1 Å². The minimum atomic E-state index is -0.415. The van der Waals surface area contributed by atoms with Crippen LogP contribution in [0.4, 0.5) is 16.3 Å². The van der Waals surface area contributed by atoms with Gasteiger partial charge in [0.2, 0.25) is 5.91 Å². The highest BCUT2D eigenvalue weighted by Crippen LogP contribution is 2.26. The predicted octanol–water partition coefficient (Wildman–Crippen LogP) is 2.63. The van der Waals surface area contributed by atoms with Crippen molar-refractivity contribution >= 4 is 29.4 Å². The van der Waals surface area contributed by atoms with Crippen LogP contribution in [0.2, 0.25) is 0 Å². The predicted molar refractivity (Wildman–Crippen MR) is 128 cm³/mol. The number of pyridine rings is 1. The van der Waals surface area contributed by atoms with Crippen LogP contribution < -0.4 is 9.80 Å².